The summed E-state index contributed by atoms with van der Waals surface area (Å²) in [7, 11) is 1.72. The molecule has 1 heterocycles. The van der Waals surface area contributed by atoms with Crippen LogP contribution < -0.4 is 5.73 Å². The highest BCUT2D eigenvalue weighted by atomic mass is 16.5. The third-order valence-corrected chi connectivity index (χ3v) is 1.99. The fourth-order valence-corrected chi connectivity index (χ4v) is 1.10. The zero-order valence-corrected chi connectivity index (χ0v) is 8.49. The quantitative estimate of drug-likeness (QED) is 0.758. The largest absolute Gasteiger partial charge is 0.351 e. The molecular weight excluding hydrogens is 182 g/mol. The lowest BCUT2D eigenvalue weighted by atomic mass is 10.2. The van der Waals surface area contributed by atoms with Crippen molar-refractivity contribution in [1.29, 1.82) is 0 Å². The maximum atomic E-state index is 11.7. The molecule has 0 aliphatic carbocycles. The zero-order valence-electron chi connectivity index (χ0n) is 8.49. The first-order valence-electron chi connectivity index (χ1n) is 4.53. The minimum absolute atomic E-state index is 0.145. The number of aryl methyl sites for hydroxylation is 1. The first-order valence-corrected chi connectivity index (χ1v) is 4.53. The Morgan fingerprint density at radius 2 is 2.43 bits per heavy atom. The second kappa shape index (κ2) is 4.76. The smallest absolute Gasteiger partial charge is 0.292 e. The van der Waals surface area contributed by atoms with E-state index in [0.29, 0.717) is 18.8 Å². The van der Waals surface area contributed by atoms with Crippen LogP contribution in [0.15, 0.2) is 10.7 Å². The lowest BCUT2D eigenvalue weighted by Crippen LogP contribution is -2.29. The molecule has 78 valence electrons. The number of amides is 1. The van der Waals surface area contributed by atoms with Crippen molar-refractivity contribution in [1.82, 2.24) is 10.1 Å². The monoisotopic (exact) mass is 197 g/mol. The Hall–Kier alpha value is -1.36. The molecule has 0 fully saturated rings. The van der Waals surface area contributed by atoms with E-state index in [2.05, 4.69) is 5.16 Å². The third kappa shape index (κ3) is 2.32. The van der Waals surface area contributed by atoms with E-state index >= 15 is 0 Å². The fraction of sp³-hybridized carbons (Fsp3) is 0.556. The Kier molecular flexibility index (Phi) is 3.64. The molecule has 0 aromatic carbocycles. The van der Waals surface area contributed by atoms with Crippen molar-refractivity contribution in [3.63, 3.8) is 0 Å². The predicted octanol–water partition coefficient (Wildman–Crippen LogP) is 0.404. The van der Waals surface area contributed by atoms with E-state index in [1.807, 2.05) is 0 Å². The van der Waals surface area contributed by atoms with Crippen molar-refractivity contribution < 1.29 is 9.32 Å². The third-order valence-electron chi connectivity index (χ3n) is 1.99. The normalized spacial score (nSPS) is 10.2. The summed E-state index contributed by atoms with van der Waals surface area (Å²) < 4.78 is 4.85. The second-order valence-electron chi connectivity index (χ2n) is 3.21. The number of carbonyl (C=O) groups excluding carboxylic acids is 1. The van der Waals surface area contributed by atoms with Crippen LogP contribution in [0.25, 0.3) is 0 Å². The van der Waals surface area contributed by atoms with Gasteiger partial charge in [-0.05, 0) is 19.9 Å². The molecule has 0 aliphatic heterocycles. The van der Waals surface area contributed by atoms with Gasteiger partial charge in [-0.15, -0.1) is 0 Å². The van der Waals surface area contributed by atoms with E-state index in [1.54, 1.807) is 18.9 Å². The zero-order chi connectivity index (χ0) is 10.6. The summed E-state index contributed by atoms with van der Waals surface area (Å²) in [4.78, 5) is 13.3. The Bertz CT molecular complexity index is 309. The molecule has 14 heavy (non-hydrogen) atoms. The maximum absolute atomic E-state index is 11.7. The summed E-state index contributed by atoms with van der Waals surface area (Å²) in [6.45, 7) is 3.00. The van der Waals surface area contributed by atoms with Crippen LogP contribution in [-0.2, 0) is 0 Å². The van der Waals surface area contributed by atoms with Crippen molar-refractivity contribution >= 4 is 5.91 Å². The molecular formula is C9H15N3O2. The molecule has 0 bridgehead atoms. The molecule has 5 heteroatoms. The van der Waals surface area contributed by atoms with Crippen LogP contribution >= 0.6 is 0 Å². The molecule has 1 rings (SSSR count). The lowest BCUT2D eigenvalue weighted by molar-refractivity contribution is 0.0752. The molecule has 0 unspecified atom stereocenters. The van der Waals surface area contributed by atoms with Crippen LogP contribution in [0.3, 0.4) is 0 Å². The Morgan fingerprint density at radius 3 is 2.93 bits per heavy atom. The van der Waals surface area contributed by atoms with Gasteiger partial charge >= 0.3 is 0 Å². The highest BCUT2D eigenvalue weighted by molar-refractivity contribution is 5.92. The van der Waals surface area contributed by atoms with Gasteiger partial charge in [0.15, 0.2) is 0 Å². The lowest BCUT2D eigenvalue weighted by Gasteiger charge is -2.14. The van der Waals surface area contributed by atoms with E-state index in [0.717, 1.165) is 12.0 Å². The molecule has 0 atom stereocenters. The van der Waals surface area contributed by atoms with E-state index in [4.69, 9.17) is 10.3 Å². The van der Waals surface area contributed by atoms with Gasteiger partial charge in [0.2, 0.25) is 5.76 Å². The van der Waals surface area contributed by atoms with Crippen molar-refractivity contribution in [3.05, 3.63) is 17.5 Å². The predicted molar refractivity (Wildman–Crippen MR) is 51.9 cm³/mol. The Labute approximate surface area is 82.8 Å². The minimum Gasteiger partial charge on any atom is -0.351 e. The van der Waals surface area contributed by atoms with Gasteiger partial charge in [0.05, 0.1) is 6.20 Å². The Balaban J connectivity index is 2.61. The van der Waals surface area contributed by atoms with Crippen LogP contribution in [0.1, 0.15) is 22.5 Å². The van der Waals surface area contributed by atoms with E-state index in [-0.39, 0.29) is 5.91 Å². The van der Waals surface area contributed by atoms with Crippen molar-refractivity contribution in [2.24, 2.45) is 5.73 Å². The van der Waals surface area contributed by atoms with Crippen LogP contribution in [-0.4, -0.2) is 36.1 Å². The Morgan fingerprint density at radius 1 is 1.71 bits per heavy atom. The summed E-state index contributed by atoms with van der Waals surface area (Å²) in [5.74, 6) is 0.165. The van der Waals surface area contributed by atoms with Crippen LogP contribution in [0.4, 0.5) is 0 Å². The van der Waals surface area contributed by atoms with Gasteiger partial charge in [0.1, 0.15) is 0 Å². The SMILES string of the molecule is Cc1cnoc1C(=O)N(C)CCCN. The van der Waals surface area contributed by atoms with Gasteiger partial charge in [0, 0.05) is 19.2 Å². The molecule has 2 N–H and O–H groups in total. The minimum atomic E-state index is -0.145. The van der Waals surface area contributed by atoms with Crippen molar-refractivity contribution in [2.45, 2.75) is 13.3 Å². The molecule has 0 aliphatic rings. The molecule has 1 aromatic rings. The number of aromatic nitrogens is 1. The number of nitrogens with zero attached hydrogens (tertiary/aromatic N) is 2. The highest BCUT2D eigenvalue weighted by Gasteiger charge is 2.17. The van der Waals surface area contributed by atoms with E-state index < -0.39 is 0 Å². The second-order valence-corrected chi connectivity index (χ2v) is 3.21. The number of carbonyl (C=O) groups is 1. The number of hydrogen-bond acceptors (Lipinski definition) is 4. The highest BCUT2D eigenvalue weighted by Crippen LogP contribution is 2.08. The van der Waals surface area contributed by atoms with Gasteiger partial charge in [-0.1, -0.05) is 5.16 Å². The summed E-state index contributed by atoms with van der Waals surface area (Å²) in [5.41, 5.74) is 6.11. The standard InChI is InChI=1S/C9H15N3O2/c1-7-6-11-14-8(7)9(13)12(2)5-3-4-10/h6H,3-5,10H2,1-2H3. The first kappa shape index (κ1) is 10.7. The number of hydrogen-bond donors (Lipinski definition) is 1. The van der Waals surface area contributed by atoms with Crippen molar-refractivity contribution in [3.8, 4) is 0 Å². The molecule has 0 saturated carbocycles. The number of rotatable bonds is 4. The summed E-state index contributed by atoms with van der Waals surface area (Å²) >= 11 is 0. The van der Waals surface area contributed by atoms with Gasteiger partial charge in [-0.25, -0.2) is 0 Å². The summed E-state index contributed by atoms with van der Waals surface area (Å²) in [5, 5.41) is 3.56. The molecule has 0 saturated heterocycles. The number of nitrogens with two attached hydrogens (primary N) is 1. The van der Waals surface area contributed by atoms with Crippen LogP contribution in [0.5, 0.6) is 0 Å². The van der Waals surface area contributed by atoms with Gasteiger partial charge in [-0.3, -0.25) is 4.79 Å². The fourth-order valence-electron chi connectivity index (χ4n) is 1.10. The molecule has 0 radical (unpaired) electrons. The van der Waals surface area contributed by atoms with Gasteiger partial charge in [0.25, 0.3) is 5.91 Å². The molecule has 5 nitrogen and oxygen atoms in total. The van der Waals surface area contributed by atoms with Gasteiger partial charge in [-0.2, -0.15) is 0 Å². The molecule has 0 spiro atoms. The summed E-state index contributed by atoms with van der Waals surface area (Å²) in [6.07, 6.45) is 2.32. The van der Waals surface area contributed by atoms with Crippen LogP contribution in [0, 0.1) is 6.92 Å². The molecule has 1 aromatic heterocycles. The average molecular weight is 197 g/mol. The summed E-state index contributed by atoms with van der Waals surface area (Å²) in [6, 6.07) is 0. The van der Waals surface area contributed by atoms with E-state index in [9.17, 15) is 4.79 Å². The maximum Gasteiger partial charge on any atom is 0.292 e. The average Bonchev–Trinajstić information content (AvgIpc) is 2.59. The van der Waals surface area contributed by atoms with E-state index in [1.165, 1.54) is 6.20 Å². The van der Waals surface area contributed by atoms with Crippen molar-refractivity contribution in [2.75, 3.05) is 20.1 Å². The molecule has 1 amide bonds. The first-order chi connectivity index (χ1) is 6.66. The van der Waals surface area contributed by atoms with Crippen LogP contribution in [0.2, 0.25) is 0 Å². The van der Waals surface area contributed by atoms with Gasteiger partial charge < -0.3 is 15.2 Å². The topological polar surface area (TPSA) is 72.4 Å².